The van der Waals surface area contributed by atoms with E-state index >= 15 is 0 Å². The van der Waals surface area contributed by atoms with Crippen LogP contribution >= 0.6 is 15.9 Å². The second-order valence-electron chi connectivity index (χ2n) is 4.79. The van der Waals surface area contributed by atoms with E-state index in [1.54, 1.807) is 39.0 Å². The van der Waals surface area contributed by atoms with E-state index in [2.05, 4.69) is 21.2 Å². The van der Waals surface area contributed by atoms with Crippen LogP contribution in [-0.2, 0) is 9.59 Å². The van der Waals surface area contributed by atoms with Gasteiger partial charge >= 0.3 is 5.97 Å². The fraction of sp³-hybridized carbons (Fsp3) is 0.429. The molecule has 0 spiro atoms. The van der Waals surface area contributed by atoms with E-state index in [1.807, 2.05) is 6.07 Å². The van der Waals surface area contributed by atoms with Gasteiger partial charge in [0, 0.05) is 4.47 Å². The highest BCUT2D eigenvalue weighted by molar-refractivity contribution is 9.10. The summed E-state index contributed by atoms with van der Waals surface area (Å²) in [6.45, 7) is 5.05. The van der Waals surface area contributed by atoms with Crippen LogP contribution in [-0.4, -0.2) is 29.1 Å². The minimum Gasteiger partial charge on any atom is -0.481 e. The Balaban J connectivity index is 2.65. The molecule has 0 aliphatic heterocycles. The van der Waals surface area contributed by atoms with Gasteiger partial charge in [0.15, 0.2) is 6.10 Å². The molecule has 0 saturated carbocycles. The molecule has 2 unspecified atom stereocenters. The lowest BCUT2D eigenvalue weighted by Crippen LogP contribution is -2.48. The first-order valence-corrected chi connectivity index (χ1v) is 7.06. The van der Waals surface area contributed by atoms with Gasteiger partial charge in [0.25, 0.3) is 5.91 Å². The standard InChI is InChI=1S/C14H18BrNO4/c1-8(2)12(14(18)19)16-13(17)9(3)20-11-6-4-5-10(15)7-11/h4-9,12H,1-3H3,(H,16,17)(H,18,19). The molecule has 0 fully saturated rings. The molecule has 110 valence electrons. The van der Waals surface area contributed by atoms with Crippen molar-refractivity contribution in [2.75, 3.05) is 0 Å². The zero-order valence-electron chi connectivity index (χ0n) is 11.6. The molecule has 1 aromatic carbocycles. The summed E-state index contributed by atoms with van der Waals surface area (Å²) in [5.74, 6) is -1.16. The van der Waals surface area contributed by atoms with Crippen molar-refractivity contribution < 1.29 is 19.4 Å². The van der Waals surface area contributed by atoms with Crippen LogP contribution in [0.3, 0.4) is 0 Å². The molecule has 2 atom stereocenters. The van der Waals surface area contributed by atoms with Gasteiger partial charge in [-0.05, 0) is 31.0 Å². The maximum absolute atomic E-state index is 11.9. The third-order valence-electron chi connectivity index (χ3n) is 2.71. The number of rotatable bonds is 6. The number of carbonyl (C=O) groups excluding carboxylic acids is 1. The van der Waals surface area contributed by atoms with Crippen LogP contribution in [0.1, 0.15) is 20.8 Å². The Bertz CT molecular complexity index is 490. The summed E-state index contributed by atoms with van der Waals surface area (Å²) in [7, 11) is 0. The fourth-order valence-corrected chi connectivity index (χ4v) is 1.96. The first-order valence-electron chi connectivity index (χ1n) is 6.26. The van der Waals surface area contributed by atoms with Crippen molar-refractivity contribution >= 4 is 27.8 Å². The topological polar surface area (TPSA) is 75.6 Å². The number of ether oxygens (including phenoxy) is 1. The highest BCUT2D eigenvalue weighted by Gasteiger charge is 2.26. The minimum atomic E-state index is -1.05. The largest absolute Gasteiger partial charge is 0.481 e. The number of benzene rings is 1. The Morgan fingerprint density at radius 3 is 2.45 bits per heavy atom. The molecule has 5 nitrogen and oxygen atoms in total. The molecule has 20 heavy (non-hydrogen) atoms. The molecule has 0 saturated heterocycles. The number of carboxylic acids is 1. The van der Waals surface area contributed by atoms with Gasteiger partial charge in [0.2, 0.25) is 0 Å². The van der Waals surface area contributed by atoms with Gasteiger partial charge in [-0.2, -0.15) is 0 Å². The zero-order valence-corrected chi connectivity index (χ0v) is 13.2. The van der Waals surface area contributed by atoms with Gasteiger partial charge in [0.05, 0.1) is 0 Å². The Morgan fingerprint density at radius 2 is 1.95 bits per heavy atom. The smallest absolute Gasteiger partial charge is 0.326 e. The zero-order chi connectivity index (χ0) is 15.3. The van der Waals surface area contributed by atoms with Crippen molar-refractivity contribution in [3.63, 3.8) is 0 Å². The van der Waals surface area contributed by atoms with E-state index in [4.69, 9.17) is 9.84 Å². The van der Waals surface area contributed by atoms with E-state index in [-0.39, 0.29) is 5.92 Å². The Kier molecular flexibility index (Phi) is 6.01. The van der Waals surface area contributed by atoms with Gasteiger partial charge in [-0.25, -0.2) is 4.79 Å². The van der Waals surface area contributed by atoms with Crippen molar-refractivity contribution in [1.29, 1.82) is 0 Å². The molecule has 2 N–H and O–H groups in total. The SMILES string of the molecule is CC(Oc1cccc(Br)c1)C(=O)NC(C(=O)O)C(C)C. The van der Waals surface area contributed by atoms with Gasteiger partial charge in [-0.15, -0.1) is 0 Å². The number of carboxylic acid groups (broad SMARTS) is 1. The summed E-state index contributed by atoms with van der Waals surface area (Å²) in [6.07, 6.45) is -0.773. The summed E-state index contributed by atoms with van der Waals surface area (Å²) in [5.41, 5.74) is 0. The molecular weight excluding hydrogens is 326 g/mol. The number of amides is 1. The van der Waals surface area contributed by atoms with Gasteiger partial charge in [-0.1, -0.05) is 35.8 Å². The second kappa shape index (κ2) is 7.28. The van der Waals surface area contributed by atoms with Crippen LogP contribution in [0, 0.1) is 5.92 Å². The van der Waals surface area contributed by atoms with Crippen molar-refractivity contribution in [3.8, 4) is 5.75 Å². The van der Waals surface area contributed by atoms with Crippen molar-refractivity contribution in [3.05, 3.63) is 28.7 Å². The third kappa shape index (κ3) is 4.85. The number of hydrogen-bond acceptors (Lipinski definition) is 3. The lowest BCUT2D eigenvalue weighted by Gasteiger charge is -2.21. The van der Waals surface area contributed by atoms with Crippen molar-refractivity contribution in [2.24, 2.45) is 5.92 Å². The predicted octanol–water partition coefficient (Wildman–Crippen LogP) is 2.44. The summed E-state index contributed by atoms with van der Waals surface area (Å²) in [5, 5.41) is 11.5. The molecule has 0 radical (unpaired) electrons. The lowest BCUT2D eigenvalue weighted by atomic mass is 10.0. The molecule has 6 heteroatoms. The third-order valence-corrected chi connectivity index (χ3v) is 3.20. The number of aliphatic carboxylic acids is 1. The number of halogens is 1. The first kappa shape index (κ1) is 16.5. The monoisotopic (exact) mass is 343 g/mol. The van der Waals surface area contributed by atoms with E-state index in [9.17, 15) is 9.59 Å². The molecule has 1 amide bonds. The molecule has 0 bridgehead atoms. The van der Waals surface area contributed by atoms with Gasteiger partial charge < -0.3 is 15.2 Å². The Hall–Kier alpha value is -1.56. The first-order chi connectivity index (χ1) is 9.31. The van der Waals surface area contributed by atoms with Crippen molar-refractivity contribution in [2.45, 2.75) is 32.9 Å². The number of hydrogen-bond donors (Lipinski definition) is 2. The van der Waals surface area contributed by atoms with Crippen LogP contribution in [0.15, 0.2) is 28.7 Å². The van der Waals surface area contributed by atoms with Gasteiger partial charge in [0.1, 0.15) is 11.8 Å². The highest BCUT2D eigenvalue weighted by Crippen LogP contribution is 2.19. The lowest BCUT2D eigenvalue weighted by molar-refractivity contribution is -0.144. The summed E-state index contributed by atoms with van der Waals surface area (Å²) >= 11 is 3.31. The van der Waals surface area contributed by atoms with Crippen LogP contribution in [0.5, 0.6) is 5.75 Å². The predicted molar refractivity (Wildman–Crippen MR) is 78.6 cm³/mol. The van der Waals surface area contributed by atoms with E-state index in [0.717, 1.165) is 4.47 Å². The average molecular weight is 344 g/mol. The molecule has 0 aliphatic carbocycles. The minimum absolute atomic E-state index is 0.200. The molecule has 1 aromatic rings. The summed E-state index contributed by atoms with van der Waals surface area (Å²) in [4.78, 5) is 23.0. The maximum atomic E-state index is 11.9. The maximum Gasteiger partial charge on any atom is 0.326 e. The quantitative estimate of drug-likeness (QED) is 0.831. The summed E-state index contributed by atoms with van der Waals surface area (Å²) < 4.78 is 6.32. The average Bonchev–Trinajstić information content (AvgIpc) is 2.34. The van der Waals surface area contributed by atoms with E-state index in [0.29, 0.717) is 5.75 Å². The molecule has 0 aliphatic rings. The van der Waals surface area contributed by atoms with Crippen LogP contribution in [0.2, 0.25) is 0 Å². The fourth-order valence-electron chi connectivity index (χ4n) is 1.58. The second-order valence-corrected chi connectivity index (χ2v) is 5.70. The molecule has 1 rings (SSSR count). The van der Waals surface area contributed by atoms with Crippen LogP contribution < -0.4 is 10.1 Å². The summed E-state index contributed by atoms with van der Waals surface area (Å²) in [6, 6.07) is 6.18. The Labute approximate surface area is 126 Å². The van der Waals surface area contributed by atoms with Crippen LogP contribution in [0.4, 0.5) is 0 Å². The molecular formula is C14H18BrNO4. The van der Waals surface area contributed by atoms with Crippen LogP contribution in [0.25, 0.3) is 0 Å². The Morgan fingerprint density at radius 1 is 1.30 bits per heavy atom. The number of nitrogens with one attached hydrogen (secondary N) is 1. The molecule has 0 aromatic heterocycles. The number of carbonyl (C=O) groups is 2. The van der Waals surface area contributed by atoms with E-state index in [1.165, 1.54) is 0 Å². The van der Waals surface area contributed by atoms with Gasteiger partial charge in [-0.3, -0.25) is 4.79 Å². The van der Waals surface area contributed by atoms with Crippen molar-refractivity contribution in [1.82, 2.24) is 5.32 Å². The molecule has 0 heterocycles. The van der Waals surface area contributed by atoms with E-state index < -0.39 is 24.0 Å². The normalized spacial score (nSPS) is 13.7. The highest BCUT2D eigenvalue weighted by atomic mass is 79.9.